The lowest BCUT2D eigenvalue weighted by atomic mass is 10.2. The van der Waals surface area contributed by atoms with E-state index in [0.29, 0.717) is 11.7 Å². The standard InChI is InChI=1S/C8H13BrN2O2S/c1-8(2,3)13-7(12)11-6-10-4-5(9)14-6/h5H,4H2,1-3H3,(H,10,11,12). The number of rotatable bonds is 0. The second kappa shape index (κ2) is 4.53. The van der Waals surface area contributed by atoms with E-state index >= 15 is 0 Å². The summed E-state index contributed by atoms with van der Waals surface area (Å²) in [4.78, 5) is 15.4. The van der Waals surface area contributed by atoms with E-state index in [0.717, 1.165) is 0 Å². The average Bonchev–Trinajstić information content (AvgIpc) is 2.30. The number of amidine groups is 1. The third-order valence-corrected chi connectivity index (χ3v) is 2.94. The predicted molar refractivity (Wildman–Crippen MR) is 62.0 cm³/mol. The number of nitrogens with one attached hydrogen (secondary N) is 1. The van der Waals surface area contributed by atoms with Crippen LogP contribution in [0.25, 0.3) is 0 Å². The number of nitrogens with zero attached hydrogens (tertiary/aromatic N) is 1. The molecule has 0 aromatic carbocycles. The smallest absolute Gasteiger partial charge is 0.413 e. The van der Waals surface area contributed by atoms with Gasteiger partial charge in [-0.3, -0.25) is 10.3 Å². The first-order chi connectivity index (χ1) is 6.37. The largest absolute Gasteiger partial charge is 0.444 e. The van der Waals surface area contributed by atoms with Crippen molar-refractivity contribution in [3.05, 3.63) is 0 Å². The summed E-state index contributed by atoms with van der Waals surface area (Å²) in [7, 11) is 0. The number of amides is 1. The zero-order valence-corrected chi connectivity index (χ0v) is 10.7. The van der Waals surface area contributed by atoms with Gasteiger partial charge in [0.2, 0.25) is 0 Å². The first-order valence-electron chi connectivity index (χ1n) is 4.22. The zero-order valence-electron chi connectivity index (χ0n) is 8.33. The van der Waals surface area contributed by atoms with Crippen molar-refractivity contribution in [1.82, 2.24) is 5.32 Å². The minimum atomic E-state index is -0.471. The molecule has 0 aliphatic carbocycles. The molecular weight excluding hydrogens is 268 g/mol. The summed E-state index contributed by atoms with van der Waals surface area (Å²) >= 11 is 4.86. The van der Waals surface area contributed by atoms with Gasteiger partial charge in [0.25, 0.3) is 0 Å². The lowest BCUT2D eigenvalue weighted by Crippen LogP contribution is -2.34. The summed E-state index contributed by atoms with van der Waals surface area (Å²) in [6.07, 6.45) is -0.453. The predicted octanol–water partition coefficient (Wildman–Crippen LogP) is 2.33. The molecule has 1 unspecified atom stereocenters. The topological polar surface area (TPSA) is 50.7 Å². The van der Waals surface area contributed by atoms with Crippen LogP contribution in [0.15, 0.2) is 4.99 Å². The molecule has 0 spiro atoms. The molecule has 1 atom stereocenters. The van der Waals surface area contributed by atoms with E-state index in [1.54, 1.807) is 0 Å². The minimum Gasteiger partial charge on any atom is -0.444 e. The van der Waals surface area contributed by atoms with E-state index in [9.17, 15) is 4.79 Å². The van der Waals surface area contributed by atoms with E-state index in [-0.39, 0.29) is 4.16 Å². The van der Waals surface area contributed by atoms with E-state index in [1.165, 1.54) is 11.8 Å². The molecule has 4 nitrogen and oxygen atoms in total. The van der Waals surface area contributed by atoms with Crippen molar-refractivity contribution >= 4 is 39.0 Å². The maximum Gasteiger partial charge on any atom is 0.413 e. The molecule has 1 N–H and O–H groups in total. The monoisotopic (exact) mass is 280 g/mol. The summed E-state index contributed by atoms with van der Waals surface area (Å²) in [6, 6.07) is 0. The summed E-state index contributed by atoms with van der Waals surface area (Å²) in [6.45, 7) is 6.15. The summed E-state index contributed by atoms with van der Waals surface area (Å²) in [5.74, 6) is 0. The van der Waals surface area contributed by atoms with Crippen LogP contribution in [0.2, 0.25) is 0 Å². The highest BCUT2D eigenvalue weighted by Crippen LogP contribution is 2.24. The van der Waals surface area contributed by atoms with Gasteiger partial charge < -0.3 is 4.74 Å². The Morgan fingerprint density at radius 1 is 1.71 bits per heavy atom. The maximum atomic E-state index is 11.3. The number of hydrogen-bond acceptors (Lipinski definition) is 4. The maximum absolute atomic E-state index is 11.3. The molecule has 0 saturated carbocycles. The Labute approximate surface area is 96.0 Å². The van der Waals surface area contributed by atoms with Crippen LogP contribution in [-0.4, -0.2) is 27.6 Å². The minimum absolute atomic E-state index is 0.257. The summed E-state index contributed by atoms with van der Waals surface area (Å²) in [5, 5.41) is 3.20. The molecule has 1 amide bonds. The molecule has 80 valence electrons. The zero-order chi connectivity index (χ0) is 10.8. The Balaban J connectivity index is 2.35. The quantitative estimate of drug-likeness (QED) is 0.693. The number of hydrogen-bond donors (Lipinski definition) is 1. The van der Waals surface area contributed by atoms with Crippen LogP contribution in [0.1, 0.15) is 20.8 Å². The van der Waals surface area contributed by atoms with Gasteiger partial charge >= 0.3 is 6.09 Å². The van der Waals surface area contributed by atoms with E-state index < -0.39 is 11.7 Å². The number of alkyl carbamates (subject to hydrolysis) is 1. The van der Waals surface area contributed by atoms with Crippen LogP contribution in [0.3, 0.4) is 0 Å². The SMILES string of the molecule is CC(C)(C)OC(=O)NC1=NCC(Br)S1. The van der Waals surface area contributed by atoms with Crippen molar-refractivity contribution in [2.75, 3.05) is 6.54 Å². The third kappa shape index (κ3) is 4.32. The van der Waals surface area contributed by atoms with Crippen LogP contribution in [0, 0.1) is 0 Å². The number of halogens is 1. The van der Waals surface area contributed by atoms with Crippen molar-refractivity contribution in [3.63, 3.8) is 0 Å². The molecule has 0 radical (unpaired) electrons. The van der Waals surface area contributed by atoms with Gasteiger partial charge in [-0.2, -0.15) is 0 Å². The van der Waals surface area contributed by atoms with Crippen LogP contribution in [0.5, 0.6) is 0 Å². The Morgan fingerprint density at radius 3 is 2.79 bits per heavy atom. The molecule has 0 saturated heterocycles. The number of carbonyl (C=O) groups is 1. The molecule has 1 rings (SSSR count). The van der Waals surface area contributed by atoms with Crippen LogP contribution >= 0.6 is 27.7 Å². The molecule has 0 fully saturated rings. The van der Waals surface area contributed by atoms with Crippen molar-refractivity contribution in [2.45, 2.75) is 30.5 Å². The van der Waals surface area contributed by atoms with Gasteiger partial charge in [-0.15, -0.1) is 0 Å². The lowest BCUT2D eigenvalue weighted by Gasteiger charge is -2.19. The van der Waals surface area contributed by atoms with E-state index in [1.807, 2.05) is 20.8 Å². The third-order valence-electron chi connectivity index (χ3n) is 1.23. The first-order valence-corrected chi connectivity index (χ1v) is 6.01. The lowest BCUT2D eigenvalue weighted by molar-refractivity contribution is 0.0564. The molecule has 14 heavy (non-hydrogen) atoms. The number of aliphatic imine (C=N–C) groups is 1. The highest BCUT2D eigenvalue weighted by Gasteiger charge is 2.21. The Morgan fingerprint density at radius 2 is 2.36 bits per heavy atom. The molecule has 0 aromatic heterocycles. The summed E-state index contributed by atoms with van der Waals surface area (Å²) < 4.78 is 5.33. The van der Waals surface area contributed by atoms with Crippen LogP contribution < -0.4 is 5.32 Å². The Hall–Kier alpha value is -0.230. The van der Waals surface area contributed by atoms with Gasteiger partial charge in [0.15, 0.2) is 5.17 Å². The van der Waals surface area contributed by atoms with E-state index in [2.05, 4.69) is 26.2 Å². The summed E-state index contributed by atoms with van der Waals surface area (Å²) in [5.41, 5.74) is -0.471. The fourth-order valence-electron chi connectivity index (χ4n) is 0.810. The fraction of sp³-hybridized carbons (Fsp3) is 0.750. The molecule has 1 heterocycles. The number of ether oxygens (including phenoxy) is 1. The number of alkyl halides is 1. The normalized spacial score (nSPS) is 21.7. The Bertz CT molecular complexity index is 263. The Kier molecular flexibility index (Phi) is 3.83. The number of thioether (sulfide) groups is 1. The molecule has 0 bridgehead atoms. The van der Waals surface area contributed by atoms with Crippen molar-refractivity contribution in [1.29, 1.82) is 0 Å². The van der Waals surface area contributed by atoms with Crippen LogP contribution in [-0.2, 0) is 4.74 Å². The van der Waals surface area contributed by atoms with Crippen LogP contribution in [0.4, 0.5) is 4.79 Å². The fourth-order valence-corrected chi connectivity index (χ4v) is 2.17. The van der Waals surface area contributed by atoms with E-state index in [4.69, 9.17) is 4.74 Å². The molecule has 1 aliphatic heterocycles. The van der Waals surface area contributed by atoms with Gasteiger partial charge in [-0.05, 0) is 20.8 Å². The highest BCUT2D eigenvalue weighted by molar-refractivity contribution is 9.11. The molecular formula is C8H13BrN2O2S. The van der Waals surface area contributed by atoms with Crippen molar-refractivity contribution in [3.8, 4) is 0 Å². The van der Waals surface area contributed by atoms with Gasteiger partial charge in [0.1, 0.15) is 5.60 Å². The van der Waals surface area contributed by atoms with Gasteiger partial charge in [-0.25, -0.2) is 4.79 Å². The van der Waals surface area contributed by atoms with Gasteiger partial charge in [0.05, 0.1) is 10.7 Å². The van der Waals surface area contributed by atoms with Crippen molar-refractivity contribution in [2.24, 2.45) is 4.99 Å². The molecule has 6 heteroatoms. The molecule has 0 aromatic rings. The molecule has 1 aliphatic rings. The van der Waals surface area contributed by atoms with Gasteiger partial charge in [0, 0.05) is 0 Å². The second-order valence-electron chi connectivity index (χ2n) is 3.80. The van der Waals surface area contributed by atoms with Gasteiger partial charge in [-0.1, -0.05) is 27.7 Å². The highest BCUT2D eigenvalue weighted by atomic mass is 79.9. The second-order valence-corrected chi connectivity index (χ2v) is 6.70. The average molecular weight is 281 g/mol. The number of carbonyl (C=O) groups excluding carboxylic acids is 1. The van der Waals surface area contributed by atoms with Crippen molar-refractivity contribution < 1.29 is 9.53 Å². The first kappa shape index (κ1) is 11.8.